The Kier molecular flexibility index (Phi) is 5.88. The fourth-order valence-electron chi connectivity index (χ4n) is 2.28. The van der Waals surface area contributed by atoms with Gasteiger partial charge < -0.3 is 10.1 Å². The molecule has 2 rings (SSSR count). The number of hydrogen-bond donors (Lipinski definition) is 1. The summed E-state index contributed by atoms with van der Waals surface area (Å²) < 4.78 is 5.63. The number of nitrogens with one attached hydrogen (secondary N) is 1. The van der Waals surface area contributed by atoms with Gasteiger partial charge in [0.15, 0.2) is 0 Å². The van der Waals surface area contributed by atoms with Crippen LogP contribution in [0.15, 0.2) is 24.3 Å². The van der Waals surface area contributed by atoms with E-state index in [0.717, 1.165) is 30.7 Å². The number of para-hydroxylation sites is 1. The molecule has 0 bridgehead atoms. The van der Waals surface area contributed by atoms with Crippen molar-refractivity contribution >= 4 is 11.8 Å². The van der Waals surface area contributed by atoms with Crippen LogP contribution in [0.5, 0.6) is 5.75 Å². The fraction of sp³-hybridized carbons (Fsp3) is 0.600. The highest BCUT2D eigenvalue weighted by Gasteiger charge is 2.13. The summed E-state index contributed by atoms with van der Waals surface area (Å²) in [5.74, 6) is 2.35. The molecule has 0 radical (unpaired) electrons. The third kappa shape index (κ3) is 4.21. The first-order valence-corrected chi connectivity index (χ1v) is 7.98. The van der Waals surface area contributed by atoms with Gasteiger partial charge in [0, 0.05) is 23.9 Å². The van der Waals surface area contributed by atoms with Crippen molar-refractivity contribution in [3.63, 3.8) is 0 Å². The average molecular weight is 265 g/mol. The maximum absolute atomic E-state index is 5.63. The normalized spacial score (nSPS) is 19.7. The van der Waals surface area contributed by atoms with Crippen LogP contribution in [0.4, 0.5) is 0 Å². The molecule has 1 atom stereocenters. The number of ether oxygens (including phenoxy) is 1. The SMILES string of the molecule is CCOc1ccccc1CNCC1CCCCS1. The fourth-order valence-corrected chi connectivity index (χ4v) is 3.56. The van der Waals surface area contributed by atoms with E-state index in [0.29, 0.717) is 0 Å². The Balaban J connectivity index is 1.78. The Bertz CT molecular complexity index is 350. The van der Waals surface area contributed by atoms with Crippen LogP contribution in [0.25, 0.3) is 0 Å². The monoisotopic (exact) mass is 265 g/mol. The lowest BCUT2D eigenvalue weighted by atomic mass is 10.1. The van der Waals surface area contributed by atoms with Crippen LogP contribution in [0.3, 0.4) is 0 Å². The summed E-state index contributed by atoms with van der Waals surface area (Å²) >= 11 is 2.12. The standard InChI is InChI=1S/C15H23NOS/c1-2-17-15-9-4-3-7-13(15)11-16-12-14-8-5-6-10-18-14/h3-4,7,9,14,16H,2,5-6,8,10-12H2,1H3. The minimum Gasteiger partial charge on any atom is -0.494 e. The van der Waals surface area contributed by atoms with Crippen LogP contribution >= 0.6 is 11.8 Å². The molecule has 1 fully saturated rings. The van der Waals surface area contributed by atoms with Crippen molar-refractivity contribution in [2.24, 2.45) is 0 Å². The summed E-state index contributed by atoms with van der Waals surface area (Å²) in [5.41, 5.74) is 1.26. The van der Waals surface area contributed by atoms with Crippen LogP contribution in [0, 0.1) is 0 Å². The molecule has 0 aliphatic carbocycles. The van der Waals surface area contributed by atoms with Crippen LogP contribution < -0.4 is 10.1 Å². The number of benzene rings is 1. The van der Waals surface area contributed by atoms with E-state index in [2.05, 4.69) is 35.3 Å². The summed E-state index contributed by atoms with van der Waals surface area (Å²) in [6.07, 6.45) is 4.16. The first-order valence-electron chi connectivity index (χ1n) is 6.93. The molecule has 1 aliphatic heterocycles. The van der Waals surface area contributed by atoms with Crippen molar-refractivity contribution in [3.05, 3.63) is 29.8 Å². The van der Waals surface area contributed by atoms with Crippen molar-refractivity contribution < 1.29 is 4.74 Å². The quantitative estimate of drug-likeness (QED) is 0.851. The van der Waals surface area contributed by atoms with E-state index < -0.39 is 0 Å². The van der Waals surface area contributed by atoms with Gasteiger partial charge in [-0.3, -0.25) is 0 Å². The van der Waals surface area contributed by atoms with Crippen molar-refractivity contribution in [3.8, 4) is 5.75 Å². The molecule has 0 aromatic heterocycles. The first-order chi connectivity index (χ1) is 8.90. The van der Waals surface area contributed by atoms with Gasteiger partial charge in [-0.2, -0.15) is 11.8 Å². The van der Waals surface area contributed by atoms with Crippen molar-refractivity contribution in [2.75, 3.05) is 18.9 Å². The molecule has 2 nitrogen and oxygen atoms in total. The zero-order valence-corrected chi connectivity index (χ0v) is 12.0. The number of hydrogen-bond acceptors (Lipinski definition) is 3. The largest absolute Gasteiger partial charge is 0.494 e. The molecule has 0 amide bonds. The average Bonchev–Trinajstić information content (AvgIpc) is 2.42. The molecule has 0 spiro atoms. The zero-order chi connectivity index (χ0) is 12.6. The van der Waals surface area contributed by atoms with E-state index >= 15 is 0 Å². The Hall–Kier alpha value is -0.670. The Morgan fingerprint density at radius 1 is 1.33 bits per heavy atom. The lowest BCUT2D eigenvalue weighted by Gasteiger charge is -2.21. The third-order valence-electron chi connectivity index (χ3n) is 3.23. The highest BCUT2D eigenvalue weighted by Crippen LogP contribution is 2.24. The van der Waals surface area contributed by atoms with E-state index in [1.165, 1.54) is 30.6 Å². The summed E-state index contributed by atoms with van der Waals surface area (Å²) in [6, 6.07) is 8.31. The van der Waals surface area contributed by atoms with Crippen LogP contribution in [0.1, 0.15) is 31.7 Å². The zero-order valence-electron chi connectivity index (χ0n) is 11.2. The topological polar surface area (TPSA) is 21.3 Å². The lowest BCUT2D eigenvalue weighted by Crippen LogP contribution is -2.26. The maximum atomic E-state index is 5.63. The molecule has 0 saturated carbocycles. The number of rotatable bonds is 6. The summed E-state index contributed by atoms with van der Waals surface area (Å²) in [4.78, 5) is 0. The van der Waals surface area contributed by atoms with Gasteiger partial charge in [-0.05, 0) is 31.6 Å². The van der Waals surface area contributed by atoms with E-state index in [-0.39, 0.29) is 0 Å². The molecule has 18 heavy (non-hydrogen) atoms. The van der Waals surface area contributed by atoms with E-state index in [1.54, 1.807) is 0 Å². The lowest BCUT2D eigenvalue weighted by molar-refractivity contribution is 0.335. The molecule has 1 aromatic carbocycles. The molecule has 1 heterocycles. The van der Waals surface area contributed by atoms with Gasteiger partial charge >= 0.3 is 0 Å². The van der Waals surface area contributed by atoms with Crippen molar-refractivity contribution in [2.45, 2.75) is 38.0 Å². The summed E-state index contributed by atoms with van der Waals surface area (Å²) in [6.45, 7) is 4.79. The predicted molar refractivity (Wildman–Crippen MR) is 79.4 cm³/mol. The second-order valence-electron chi connectivity index (χ2n) is 4.66. The van der Waals surface area contributed by atoms with Gasteiger partial charge in [-0.15, -0.1) is 0 Å². The molecule has 1 aromatic rings. The van der Waals surface area contributed by atoms with Crippen LogP contribution in [-0.2, 0) is 6.54 Å². The van der Waals surface area contributed by atoms with Crippen LogP contribution in [0.2, 0.25) is 0 Å². The van der Waals surface area contributed by atoms with Gasteiger partial charge in [-0.1, -0.05) is 24.6 Å². The van der Waals surface area contributed by atoms with E-state index in [4.69, 9.17) is 4.74 Å². The first kappa shape index (κ1) is 13.8. The Morgan fingerprint density at radius 3 is 3.00 bits per heavy atom. The molecular weight excluding hydrogens is 242 g/mol. The molecule has 1 N–H and O–H groups in total. The number of thioether (sulfide) groups is 1. The second kappa shape index (κ2) is 7.70. The molecule has 100 valence electrons. The highest BCUT2D eigenvalue weighted by molar-refractivity contribution is 7.99. The minimum absolute atomic E-state index is 0.732. The van der Waals surface area contributed by atoms with Gasteiger partial charge in [0.2, 0.25) is 0 Å². The van der Waals surface area contributed by atoms with Gasteiger partial charge in [0.25, 0.3) is 0 Å². The molecular formula is C15H23NOS. The molecule has 1 saturated heterocycles. The van der Waals surface area contributed by atoms with Gasteiger partial charge in [-0.25, -0.2) is 0 Å². The molecule has 1 aliphatic rings. The predicted octanol–water partition coefficient (Wildman–Crippen LogP) is 3.46. The summed E-state index contributed by atoms with van der Waals surface area (Å²) in [5, 5.41) is 4.37. The van der Waals surface area contributed by atoms with E-state index in [9.17, 15) is 0 Å². The Morgan fingerprint density at radius 2 is 2.22 bits per heavy atom. The molecule has 3 heteroatoms. The van der Waals surface area contributed by atoms with Crippen molar-refractivity contribution in [1.82, 2.24) is 5.32 Å². The van der Waals surface area contributed by atoms with Gasteiger partial charge in [0.1, 0.15) is 5.75 Å². The highest BCUT2D eigenvalue weighted by atomic mass is 32.2. The Labute approximate surface area is 114 Å². The maximum Gasteiger partial charge on any atom is 0.123 e. The third-order valence-corrected chi connectivity index (χ3v) is 4.63. The van der Waals surface area contributed by atoms with E-state index in [1.807, 2.05) is 13.0 Å². The summed E-state index contributed by atoms with van der Waals surface area (Å²) in [7, 11) is 0. The second-order valence-corrected chi connectivity index (χ2v) is 6.07. The van der Waals surface area contributed by atoms with Gasteiger partial charge in [0.05, 0.1) is 6.61 Å². The van der Waals surface area contributed by atoms with Crippen molar-refractivity contribution in [1.29, 1.82) is 0 Å². The molecule has 1 unspecified atom stereocenters. The smallest absolute Gasteiger partial charge is 0.123 e. The minimum atomic E-state index is 0.732. The van der Waals surface area contributed by atoms with Crippen LogP contribution in [-0.4, -0.2) is 24.2 Å².